The van der Waals surface area contributed by atoms with Gasteiger partial charge in [0.05, 0.1) is 5.56 Å². The second-order valence-corrected chi connectivity index (χ2v) is 5.05. The molecule has 0 radical (unpaired) electrons. The lowest BCUT2D eigenvalue weighted by molar-refractivity contribution is -0.126. The molecule has 5 heteroatoms. The summed E-state index contributed by atoms with van der Waals surface area (Å²) in [6.07, 6.45) is 1.43. The standard InChI is InChI=1S/C15H21N3O2/c1-2-17-14(19)11-7-9-18(10-8-11)15(20)12-5-3-4-6-13(12)16/h3-6,11H,2,7-10,16H2,1H3,(H,17,19). The van der Waals surface area contributed by atoms with Crippen LogP contribution in [-0.2, 0) is 4.79 Å². The molecule has 2 rings (SSSR count). The number of carbonyl (C=O) groups is 2. The SMILES string of the molecule is CCNC(=O)C1CCN(C(=O)c2ccccc2N)CC1. The Bertz CT molecular complexity index is 494. The molecule has 1 saturated heterocycles. The molecule has 0 unspecified atom stereocenters. The molecular formula is C15H21N3O2. The highest BCUT2D eigenvalue weighted by atomic mass is 16.2. The first-order valence-corrected chi connectivity index (χ1v) is 7.05. The predicted octanol–water partition coefficient (Wildman–Crippen LogP) is 1.26. The summed E-state index contributed by atoms with van der Waals surface area (Å²) in [7, 11) is 0. The summed E-state index contributed by atoms with van der Waals surface area (Å²) in [6, 6.07) is 7.10. The number of hydrogen-bond donors (Lipinski definition) is 2. The van der Waals surface area contributed by atoms with Crippen molar-refractivity contribution in [2.75, 3.05) is 25.4 Å². The first kappa shape index (κ1) is 14.4. The van der Waals surface area contributed by atoms with Crippen molar-refractivity contribution in [1.82, 2.24) is 10.2 Å². The van der Waals surface area contributed by atoms with Gasteiger partial charge in [-0.2, -0.15) is 0 Å². The van der Waals surface area contributed by atoms with Crippen LogP contribution in [0.4, 0.5) is 5.69 Å². The van der Waals surface area contributed by atoms with E-state index in [1.54, 1.807) is 17.0 Å². The van der Waals surface area contributed by atoms with Crippen LogP contribution >= 0.6 is 0 Å². The Balaban J connectivity index is 1.96. The topological polar surface area (TPSA) is 75.4 Å². The average molecular weight is 275 g/mol. The van der Waals surface area contributed by atoms with Gasteiger partial charge in [-0.25, -0.2) is 0 Å². The van der Waals surface area contributed by atoms with E-state index in [-0.39, 0.29) is 17.7 Å². The number of carbonyl (C=O) groups excluding carboxylic acids is 2. The molecule has 2 amide bonds. The maximum atomic E-state index is 12.4. The monoisotopic (exact) mass is 275 g/mol. The summed E-state index contributed by atoms with van der Waals surface area (Å²) < 4.78 is 0. The zero-order chi connectivity index (χ0) is 14.5. The fourth-order valence-electron chi connectivity index (χ4n) is 2.53. The van der Waals surface area contributed by atoms with Gasteiger partial charge in [-0.1, -0.05) is 12.1 Å². The van der Waals surface area contributed by atoms with Crippen LogP contribution in [0.3, 0.4) is 0 Å². The Labute approximate surface area is 119 Å². The van der Waals surface area contributed by atoms with Crippen LogP contribution < -0.4 is 11.1 Å². The zero-order valence-corrected chi connectivity index (χ0v) is 11.8. The van der Waals surface area contributed by atoms with Crippen LogP contribution in [0, 0.1) is 5.92 Å². The van der Waals surface area contributed by atoms with Crippen molar-refractivity contribution in [3.63, 3.8) is 0 Å². The molecule has 1 aromatic carbocycles. The molecule has 1 aliphatic rings. The van der Waals surface area contributed by atoms with E-state index < -0.39 is 0 Å². The fourth-order valence-corrected chi connectivity index (χ4v) is 2.53. The minimum Gasteiger partial charge on any atom is -0.398 e. The van der Waals surface area contributed by atoms with Gasteiger partial charge in [0.1, 0.15) is 0 Å². The minimum absolute atomic E-state index is 0.0205. The fraction of sp³-hybridized carbons (Fsp3) is 0.467. The van der Waals surface area contributed by atoms with E-state index in [2.05, 4.69) is 5.32 Å². The number of anilines is 1. The van der Waals surface area contributed by atoms with Gasteiger partial charge in [0.15, 0.2) is 0 Å². The lowest BCUT2D eigenvalue weighted by Crippen LogP contribution is -2.43. The maximum absolute atomic E-state index is 12.4. The third-order valence-electron chi connectivity index (χ3n) is 3.70. The first-order chi connectivity index (χ1) is 9.63. The number of nitrogens with two attached hydrogens (primary N) is 1. The van der Waals surface area contributed by atoms with E-state index in [1.165, 1.54) is 0 Å². The number of piperidine rings is 1. The summed E-state index contributed by atoms with van der Waals surface area (Å²) in [6.45, 7) is 3.78. The molecule has 0 spiro atoms. The molecule has 1 aromatic rings. The van der Waals surface area contributed by atoms with Gasteiger partial charge in [-0.05, 0) is 31.9 Å². The number of nitrogen functional groups attached to an aromatic ring is 1. The number of para-hydroxylation sites is 1. The molecule has 1 heterocycles. The van der Waals surface area contributed by atoms with Crippen LogP contribution in [0.15, 0.2) is 24.3 Å². The van der Waals surface area contributed by atoms with E-state index in [9.17, 15) is 9.59 Å². The Kier molecular flexibility index (Phi) is 4.61. The van der Waals surface area contributed by atoms with Crippen LogP contribution in [0.2, 0.25) is 0 Å². The third-order valence-corrected chi connectivity index (χ3v) is 3.70. The smallest absolute Gasteiger partial charge is 0.255 e. The van der Waals surface area contributed by atoms with Crippen LogP contribution in [-0.4, -0.2) is 36.3 Å². The van der Waals surface area contributed by atoms with Gasteiger partial charge in [-0.15, -0.1) is 0 Å². The highest BCUT2D eigenvalue weighted by Gasteiger charge is 2.27. The van der Waals surface area contributed by atoms with Crippen molar-refractivity contribution in [1.29, 1.82) is 0 Å². The van der Waals surface area contributed by atoms with Gasteiger partial charge >= 0.3 is 0 Å². The molecule has 5 nitrogen and oxygen atoms in total. The minimum atomic E-state index is -0.0440. The number of amides is 2. The lowest BCUT2D eigenvalue weighted by Gasteiger charge is -2.31. The van der Waals surface area contributed by atoms with Gasteiger partial charge in [0.25, 0.3) is 5.91 Å². The quantitative estimate of drug-likeness (QED) is 0.815. The summed E-state index contributed by atoms with van der Waals surface area (Å²) in [5.41, 5.74) is 6.88. The molecule has 0 aliphatic carbocycles. The predicted molar refractivity (Wildman–Crippen MR) is 78.2 cm³/mol. The first-order valence-electron chi connectivity index (χ1n) is 7.05. The largest absolute Gasteiger partial charge is 0.398 e. The molecule has 3 N–H and O–H groups in total. The van der Waals surface area contributed by atoms with Crippen molar-refractivity contribution in [2.45, 2.75) is 19.8 Å². The molecule has 108 valence electrons. The Morgan fingerprint density at radius 2 is 1.95 bits per heavy atom. The number of likely N-dealkylation sites (tertiary alicyclic amines) is 1. The van der Waals surface area contributed by atoms with E-state index in [4.69, 9.17) is 5.73 Å². The van der Waals surface area contributed by atoms with Crippen molar-refractivity contribution in [2.24, 2.45) is 5.92 Å². The summed E-state index contributed by atoms with van der Waals surface area (Å²) in [5.74, 6) is 0.0726. The summed E-state index contributed by atoms with van der Waals surface area (Å²) in [5, 5.41) is 2.84. The average Bonchev–Trinajstić information content (AvgIpc) is 2.47. The van der Waals surface area contributed by atoms with E-state index in [0.717, 1.165) is 0 Å². The Morgan fingerprint density at radius 3 is 2.55 bits per heavy atom. The molecular weight excluding hydrogens is 254 g/mol. The number of rotatable bonds is 3. The molecule has 0 bridgehead atoms. The summed E-state index contributed by atoms with van der Waals surface area (Å²) >= 11 is 0. The van der Waals surface area contributed by atoms with Gasteiger partial charge in [-0.3, -0.25) is 9.59 Å². The van der Waals surface area contributed by atoms with Crippen molar-refractivity contribution < 1.29 is 9.59 Å². The number of nitrogens with zero attached hydrogens (tertiary/aromatic N) is 1. The maximum Gasteiger partial charge on any atom is 0.255 e. The van der Waals surface area contributed by atoms with E-state index >= 15 is 0 Å². The normalized spacial score (nSPS) is 15.9. The van der Waals surface area contributed by atoms with Crippen LogP contribution in [0.1, 0.15) is 30.1 Å². The number of nitrogens with one attached hydrogen (secondary N) is 1. The van der Waals surface area contributed by atoms with E-state index in [0.29, 0.717) is 43.7 Å². The second-order valence-electron chi connectivity index (χ2n) is 5.05. The molecule has 1 aliphatic heterocycles. The van der Waals surface area contributed by atoms with Crippen molar-refractivity contribution in [3.8, 4) is 0 Å². The van der Waals surface area contributed by atoms with E-state index in [1.807, 2.05) is 19.1 Å². The number of hydrogen-bond acceptors (Lipinski definition) is 3. The molecule has 20 heavy (non-hydrogen) atoms. The molecule has 0 aromatic heterocycles. The zero-order valence-electron chi connectivity index (χ0n) is 11.8. The molecule has 0 atom stereocenters. The summed E-state index contributed by atoms with van der Waals surface area (Å²) in [4.78, 5) is 25.9. The van der Waals surface area contributed by atoms with Crippen LogP contribution in [0.5, 0.6) is 0 Å². The lowest BCUT2D eigenvalue weighted by atomic mass is 9.95. The highest BCUT2D eigenvalue weighted by molar-refractivity contribution is 5.99. The van der Waals surface area contributed by atoms with Crippen molar-refractivity contribution in [3.05, 3.63) is 29.8 Å². The van der Waals surface area contributed by atoms with Gasteiger partial charge in [0, 0.05) is 31.2 Å². The Morgan fingerprint density at radius 1 is 1.30 bits per heavy atom. The highest BCUT2D eigenvalue weighted by Crippen LogP contribution is 2.21. The Hall–Kier alpha value is -2.04. The van der Waals surface area contributed by atoms with Gasteiger partial charge < -0.3 is 16.0 Å². The second kappa shape index (κ2) is 6.41. The van der Waals surface area contributed by atoms with Crippen molar-refractivity contribution >= 4 is 17.5 Å². The molecule has 1 fully saturated rings. The number of benzene rings is 1. The van der Waals surface area contributed by atoms with Gasteiger partial charge in [0.2, 0.25) is 5.91 Å². The van der Waals surface area contributed by atoms with Crippen LogP contribution in [0.25, 0.3) is 0 Å². The third kappa shape index (κ3) is 3.10. The molecule has 0 saturated carbocycles.